The molecule has 1 amide bonds. The van der Waals surface area contributed by atoms with Crippen LogP contribution in [0.2, 0.25) is 0 Å². The number of rotatable bonds is 56. The van der Waals surface area contributed by atoms with E-state index >= 15 is 0 Å². The summed E-state index contributed by atoms with van der Waals surface area (Å²) in [5, 5.41) is 3.05. The molecule has 0 saturated heterocycles. The van der Waals surface area contributed by atoms with Crippen LogP contribution in [0.5, 0.6) is 0 Å². The number of hydrogen-bond acceptors (Lipinski definition) is 6. The predicted molar refractivity (Wildman–Crippen MR) is 323 cm³/mol. The minimum atomic E-state index is -4.46. The Labute approximate surface area is 463 Å². The van der Waals surface area contributed by atoms with E-state index in [-0.39, 0.29) is 31.5 Å². The number of esters is 1. The van der Waals surface area contributed by atoms with E-state index in [0.29, 0.717) is 23.9 Å². The summed E-state index contributed by atoms with van der Waals surface area (Å²) in [6.45, 7) is 6.95. The first-order valence-corrected chi connectivity index (χ1v) is 32.8. The van der Waals surface area contributed by atoms with Crippen molar-refractivity contribution in [3.8, 4) is 0 Å². The van der Waals surface area contributed by atoms with Crippen molar-refractivity contribution in [1.29, 1.82) is 0 Å². The van der Waals surface area contributed by atoms with Gasteiger partial charge in [-0.15, -0.1) is 0 Å². The first-order chi connectivity index (χ1) is 36.4. The lowest BCUT2D eigenvalue weighted by atomic mass is 10.0. The summed E-state index contributed by atoms with van der Waals surface area (Å²) >= 11 is 0. The van der Waals surface area contributed by atoms with Gasteiger partial charge in [0, 0.05) is 12.8 Å². The number of phosphoric ester groups is 1. The van der Waals surface area contributed by atoms with Gasteiger partial charge in [-0.3, -0.25) is 18.6 Å². The van der Waals surface area contributed by atoms with Gasteiger partial charge in [-0.2, -0.15) is 0 Å². The molecule has 0 aromatic heterocycles. The minimum absolute atomic E-state index is 0.0335. The smallest absolute Gasteiger partial charge is 0.456 e. The number of nitrogens with zero attached hydrogens (tertiary/aromatic N) is 1. The summed E-state index contributed by atoms with van der Waals surface area (Å²) in [5.74, 6) is -0.532. The first-order valence-electron chi connectivity index (χ1n) is 31.3. The number of phosphoric acid groups is 1. The fourth-order valence-electron chi connectivity index (χ4n) is 8.74. The molecule has 0 radical (unpaired) electrons. The third-order valence-corrected chi connectivity index (χ3v) is 14.6. The fraction of sp³-hybridized carbons (Fsp3) is 0.785. The van der Waals surface area contributed by atoms with Gasteiger partial charge in [0.25, 0.3) is 0 Å². The molecular formula is C65H120N2O7P+. The van der Waals surface area contributed by atoms with Crippen molar-refractivity contribution in [3.05, 3.63) is 72.9 Å². The maximum absolute atomic E-state index is 13.6. The molecule has 0 aromatic carbocycles. The minimum Gasteiger partial charge on any atom is -0.456 e. The molecule has 0 heterocycles. The van der Waals surface area contributed by atoms with Crippen LogP contribution in [0.1, 0.15) is 278 Å². The lowest BCUT2D eigenvalue weighted by Crippen LogP contribution is -2.47. The quantitative estimate of drug-likeness (QED) is 0.0205. The highest BCUT2D eigenvalue weighted by molar-refractivity contribution is 7.47. The van der Waals surface area contributed by atoms with Gasteiger partial charge in [0.15, 0.2) is 0 Å². The number of ether oxygens (including phenoxy) is 1. The van der Waals surface area contributed by atoms with E-state index < -0.39 is 20.0 Å². The van der Waals surface area contributed by atoms with Crippen molar-refractivity contribution in [2.75, 3.05) is 40.9 Å². The van der Waals surface area contributed by atoms with Crippen molar-refractivity contribution in [2.24, 2.45) is 0 Å². The zero-order valence-electron chi connectivity index (χ0n) is 49.8. The van der Waals surface area contributed by atoms with E-state index in [1.807, 2.05) is 33.3 Å². The molecule has 0 rings (SSSR count). The molecule has 10 heteroatoms. The van der Waals surface area contributed by atoms with E-state index in [2.05, 4.69) is 86.8 Å². The summed E-state index contributed by atoms with van der Waals surface area (Å²) < 4.78 is 30.7. The molecule has 0 fully saturated rings. The Balaban J connectivity index is 5.33. The van der Waals surface area contributed by atoms with Gasteiger partial charge in [-0.1, -0.05) is 235 Å². The van der Waals surface area contributed by atoms with Crippen molar-refractivity contribution in [1.82, 2.24) is 5.32 Å². The van der Waals surface area contributed by atoms with Crippen LogP contribution in [0.4, 0.5) is 0 Å². The van der Waals surface area contributed by atoms with Crippen LogP contribution in [0.25, 0.3) is 0 Å². The average Bonchev–Trinajstić information content (AvgIpc) is 3.37. The van der Waals surface area contributed by atoms with Gasteiger partial charge >= 0.3 is 13.8 Å². The molecule has 0 saturated carbocycles. The molecule has 9 nitrogen and oxygen atoms in total. The third kappa shape index (κ3) is 56.0. The van der Waals surface area contributed by atoms with Crippen molar-refractivity contribution >= 4 is 19.7 Å². The molecule has 0 aliphatic carbocycles. The number of amides is 1. The molecule has 0 aromatic rings. The predicted octanol–water partition coefficient (Wildman–Crippen LogP) is 19.2. The number of likely N-dealkylation sites (N-methyl/N-ethyl adjacent to an activating group) is 1. The summed E-state index contributed by atoms with van der Waals surface area (Å²) in [6.07, 6.45) is 70.3. The number of allylic oxidation sites excluding steroid dienone is 11. The van der Waals surface area contributed by atoms with Crippen LogP contribution in [-0.2, 0) is 27.9 Å². The number of unbranched alkanes of at least 4 members (excludes halogenated alkanes) is 30. The molecule has 3 unspecified atom stereocenters. The molecule has 436 valence electrons. The van der Waals surface area contributed by atoms with Crippen LogP contribution in [0, 0.1) is 0 Å². The summed E-state index contributed by atoms with van der Waals surface area (Å²) in [7, 11) is 1.48. The van der Waals surface area contributed by atoms with Crippen molar-refractivity contribution < 1.29 is 37.3 Å². The average molecular weight is 1070 g/mol. The first kappa shape index (κ1) is 72.5. The third-order valence-electron chi connectivity index (χ3n) is 13.6. The molecule has 2 N–H and O–H groups in total. The lowest BCUT2D eigenvalue weighted by molar-refractivity contribution is -0.870. The number of carbonyl (C=O) groups is 2. The van der Waals surface area contributed by atoms with Gasteiger partial charge in [-0.05, 0) is 102 Å². The van der Waals surface area contributed by atoms with E-state index in [1.165, 1.54) is 141 Å². The Bertz CT molecular complexity index is 1510. The van der Waals surface area contributed by atoms with E-state index in [1.54, 1.807) is 0 Å². The van der Waals surface area contributed by atoms with Crippen LogP contribution in [-0.4, -0.2) is 74.3 Å². The Morgan fingerprint density at radius 1 is 0.467 bits per heavy atom. The zero-order valence-corrected chi connectivity index (χ0v) is 50.7. The SMILES string of the molecule is CCCCC/C=C\C/C=C\C/C=C\CCCCCCC(=O)OC(/C=C/CCCCCCCCCCCCC)C(COP(=O)(O)OCC[N+](C)(C)C)NC(=O)CCCCCCCCCCC/C=C\C/C=C\CCCCC. The van der Waals surface area contributed by atoms with Crippen molar-refractivity contribution in [2.45, 2.75) is 290 Å². The van der Waals surface area contributed by atoms with E-state index in [0.717, 1.165) is 96.3 Å². The Morgan fingerprint density at radius 2 is 0.813 bits per heavy atom. The highest BCUT2D eigenvalue weighted by Crippen LogP contribution is 2.43. The van der Waals surface area contributed by atoms with E-state index in [4.69, 9.17) is 13.8 Å². The van der Waals surface area contributed by atoms with Gasteiger partial charge in [0.05, 0.1) is 33.8 Å². The molecule has 0 spiro atoms. The normalized spacial score (nSPS) is 14.2. The second-order valence-corrected chi connectivity index (χ2v) is 23.7. The second kappa shape index (κ2) is 54.8. The highest BCUT2D eigenvalue weighted by atomic mass is 31.2. The van der Waals surface area contributed by atoms with Crippen molar-refractivity contribution in [3.63, 3.8) is 0 Å². The number of carbonyl (C=O) groups excluding carboxylic acids is 2. The van der Waals surface area contributed by atoms with Gasteiger partial charge in [0.2, 0.25) is 5.91 Å². The summed E-state index contributed by atoms with van der Waals surface area (Å²) in [5.41, 5.74) is 0. The maximum atomic E-state index is 13.6. The molecule has 0 aliphatic heterocycles. The number of nitrogens with one attached hydrogen (secondary N) is 1. The Hall–Kier alpha value is -2.55. The Kier molecular flexibility index (Phi) is 52.9. The maximum Gasteiger partial charge on any atom is 0.472 e. The molecule has 75 heavy (non-hydrogen) atoms. The molecule has 3 atom stereocenters. The summed E-state index contributed by atoms with van der Waals surface area (Å²) in [4.78, 5) is 37.7. The number of quaternary nitrogens is 1. The Morgan fingerprint density at radius 3 is 1.24 bits per heavy atom. The van der Waals surface area contributed by atoms with Gasteiger partial charge < -0.3 is 19.4 Å². The van der Waals surface area contributed by atoms with Crippen LogP contribution >= 0.6 is 7.82 Å². The largest absolute Gasteiger partial charge is 0.472 e. The zero-order chi connectivity index (χ0) is 55.0. The van der Waals surface area contributed by atoms with Gasteiger partial charge in [0.1, 0.15) is 19.3 Å². The van der Waals surface area contributed by atoms with Crippen LogP contribution in [0.15, 0.2) is 72.9 Å². The summed E-state index contributed by atoms with van der Waals surface area (Å²) in [6, 6.07) is -0.862. The highest BCUT2D eigenvalue weighted by Gasteiger charge is 2.30. The second-order valence-electron chi connectivity index (χ2n) is 22.2. The van der Waals surface area contributed by atoms with Gasteiger partial charge in [-0.25, -0.2) is 4.57 Å². The lowest BCUT2D eigenvalue weighted by Gasteiger charge is -2.27. The monoisotopic (exact) mass is 1070 g/mol. The topological polar surface area (TPSA) is 111 Å². The fourth-order valence-corrected chi connectivity index (χ4v) is 9.48. The molecule has 0 bridgehead atoms. The number of hydrogen-bond donors (Lipinski definition) is 2. The van der Waals surface area contributed by atoms with Crippen LogP contribution < -0.4 is 5.32 Å². The molecule has 0 aliphatic rings. The van der Waals surface area contributed by atoms with E-state index in [9.17, 15) is 19.0 Å². The molecular weight excluding hydrogens is 952 g/mol. The van der Waals surface area contributed by atoms with Crippen LogP contribution in [0.3, 0.4) is 0 Å². The standard InChI is InChI=1S/C65H119N2O7P/c1-7-10-13-16-19-22-25-28-30-32-33-35-36-39-42-45-48-51-54-57-64(68)66-62(61-73-75(70,71)72-60-59-67(4,5)6)63(56-53-50-47-44-41-38-27-24-21-18-15-12-9-3)74-65(69)58-55-52-49-46-43-40-37-34-31-29-26-23-20-17-14-11-8-2/h19-20,22-23,28-31,37,40,53,56,62-63H,7-18,21,24-27,32-36,38-39,41-52,54-55,57-61H2,1-6H3,(H-,66,68,70,71)/p+1/b22-19-,23-20-,30-28-,31-29-,40-37-,56-53+.